The van der Waals surface area contributed by atoms with Gasteiger partial charge in [-0.1, -0.05) is 11.6 Å². The number of aromatic amines is 1. The molecular weight excluding hydrogens is 499 g/mol. The topological polar surface area (TPSA) is 96.5 Å². The van der Waals surface area contributed by atoms with Crippen LogP contribution in [0.1, 0.15) is 42.9 Å². The maximum atomic E-state index is 15.1. The fourth-order valence-corrected chi connectivity index (χ4v) is 5.86. The third kappa shape index (κ3) is 4.46. The second-order valence-electron chi connectivity index (χ2n) is 9.83. The highest BCUT2D eigenvalue weighted by Gasteiger charge is 2.43. The summed E-state index contributed by atoms with van der Waals surface area (Å²) in [6.45, 7) is 0. The smallest absolute Gasteiger partial charge is 0.322 e. The molecule has 2 amide bonds. The number of ether oxygens (including phenoxy) is 2. The number of anilines is 1. The van der Waals surface area contributed by atoms with Crippen LogP contribution >= 0.6 is 11.6 Å². The molecule has 2 bridgehead atoms. The number of amides is 2. The van der Waals surface area contributed by atoms with Gasteiger partial charge in [-0.15, -0.1) is 0 Å². The summed E-state index contributed by atoms with van der Waals surface area (Å²) < 4.78 is 26.2. The summed E-state index contributed by atoms with van der Waals surface area (Å²) >= 11 is 6.51. The molecule has 192 valence electrons. The van der Waals surface area contributed by atoms with Crippen LogP contribution in [-0.2, 0) is 11.2 Å². The fraction of sp³-hybridized carbons (Fsp3) is 0.370. The number of carbonyl (C=O) groups excluding carboxylic acids is 1. The van der Waals surface area contributed by atoms with Gasteiger partial charge in [-0.05, 0) is 48.6 Å². The Morgan fingerprint density at radius 2 is 2.05 bits per heavy atom. The molecule has 2 aliphatic heterocycles. The molecule has 10 heteroatoms. The van der Waals surface area contributed by atoms with E-state index in [-0.39, 0.29) is 41.6 Å². The number of hydrogen-bond acceptors (Lipinski definition) is 5. The average molecular weight is 525 g/mol. The van der Waals surface area contributed by atoms with Crippen LogP contribution in [-0.4, -0.2) is 46.3 Å². The van der Waals surface area contributed by atoms with Gasteiger partial charge in [-0.25, -0.2) is 14.2 Å². The SMILES string of the molecule is COC1CC(Oc2ccc(-c3cc(F)c(NC(=O)N4[C@H]5CC[C@@H]4c4c[nH]c(=O)cc4C5)cc3Cl)cn2)C1. The van der Waals surface area contributed by atoms with Crippen molar-refractivity contribution in [2.75, 3.05) is 12.4 Å². The molecule has 1 saturated heterocycles. The van der Waals surface area contributed by atoms with Crippen molar-refractivity contribution in [1.29, 1.82) is 0 Å². The number of nitrogens with zero attached hydrogens (tertiary/aromatic N) is 2. The predicted octanol–water partition coefficient (Wildman–Crippen LogP) is 5.08. The first-order valence-electron chi connectivity index (χ1n) is 12.4. The molecule has 2 aromatic heterocycles. The lowest BCUT2D eigenvalue weighted by molar-refractivity contribution is -0.0396. The third-order valence-corrected chi connectivity index (χ3v) is 7.93. The van der Waals surface area contributed by atoms with E-state index in [0.29, 0.717) is 28.5 Å². The Balaban J connectivity index is 1.16. The number of rotatable bonds is 5. The van der Waals surface area contributed by atoms with E-state index in [2.05, 4.69) is 15.3 Å². The molecule has 0 spiro atoms. The van der Waals surface area contributed by atoms with E-state index < -0.39 is 5.82 Å². The van der Waals surface area contributed by atoms with Crippen LogP contribution in [0, 0.1) is 5.82 Å². The molecule has 37 heavy (non-hydrogen) atoms. The Kier molecular flexibility index (Phi) is 6.12. The number of urea groups is 1. The molecule has 3 aromatic rings. The maximum absolute atomic E-state index is 15.1. The van der Waals surface area contributed by atoms with E-state index in [4.69, 9.17) is 21.1 Å². The first-order valence-corrected chi connectivity index (χ1v) is 12.7. The Labute approximate surface area is 217 Å². The second kappa shape index (κ2) is 9.46. The van der Waals surface area contributed by atoms with E-state index in [1.165, 1.54) is 12.1 Å². The summed E-state index contributed by atoms with van der Waals surface area (Å²) in [5, 5.41) is 2.99. The lowest BCUT2D eigenvalue weighted by Crippen LogP contribution is -2.44. The molecule has 2 fully saturated rings. The van der Waals surface area contributed by atoms with Crippen LogP contribution in [0.25, 0.3) is 11.1 Å². The standard InChI is InChI=1S/C27H26ClFN4O4/c1-36-17-8-18(9-17)37-26-5-2-14(12-31-26)19-10-22(29)23(11-21(19)28)32-27(35)33-16-3-4-24(33)20-13-30-25(34)7-15(20)6-16/h2,5,7,10-13,16-18,24H,3-4,6,8-9H2,1H3,(H,30,34)(H,32,35)/t16-,17?,18?,24+/m0/s1. The van der Waals surface area contributed by atoms with Crippen molar-refractivity contribution >= 4 is 23.3 Å². The molecule has 2 atom stereocenters. The molecule has 0 unspecified atom stereocenters. The summed E-state index contributed by atoms with van der Waals surface area (Å²) in [6.07, 6.45) is 7.46. The van der Waals surface area contributed by atoms with Gasteiger partial charge in [0.15, 0.2) is 0 Å². The van der Waals surface area contributed by atoms with Gasteiger partial charge < -0.3 is 24.7 Å². The van der Waals surface area contributed by atoms with Crippen LogP contribution < -0.4 is 15.6 Å². The number of pyridine rings is 2. The molecule has 1 saturated carbocycles. The number of benzene rings is 1. The van der Waals surface area contributed by atoms with Gasteiger partial charge in [0.1, 0.15) is 11.9 Å². The van der Waals surface area contributed by atoms with Crippen molar-refractivity contribution in [2.45, 2.75) is 56.4 Å². The molecule has 8 nitrogen and oxygen atoms in total. The fourth-order valence-electron chi connectivity index (χ4n) is 5.59. The minimum atomic E-state index is -0.595. The lowest BCUT2D eigenvalue weighted by Gasteiger charge is -2.36. The van der Waals surface area contributed by atoms with Gasteiger partial charge in [0, 0.05) is 61.6 Å². The first-order chi connectivity index (χ1) is 17.9. The number of hydrogen-bond donors (Lipinski definition) is 2. The highest BCUT2D eigenvalue weighted by atomic mass is 35.5. The molecule has 6 rings (SSSR count). The monoisotopic (exact) mass is 524 g/mol. The molecule has 4 heterocycles. The van der Waals surface area contributed by atoms with Crippen LogP contribution in [0.2, 0.25) is 5.02 Å². The number of H-pyrrole nitrogens is 1. The largest absolute Gasteiger partial charge is 0.474 e. The molecule has 3 aliphatic rings. The lowest BCUT2D eigenvalue weighted by atomic mass is 9.92. The second-order valence-corrected chi connectivity index (χ2v) is 10.2. The normalized spacial score (nSPS) is 23.8. The molecule has 1 aliphatic carbocycles. The van der Waals surface area contributed by atoms with Gasteiger partial charge in [0.2, 0.25) is 11.4 Å². The van der Waals surface area contributed by atoms with Gasteiger partial charge in [-0.2, -0.15) is 0 Å². The van der Waals surface area contributed by atoms with Gasteiger partial charge >= 0.3 is 6.03 Å². The summed E-state index contributed by atoms with van der Waals surface area (Å²) in [4.78, 5) is 33.7. The number of nitrogens with one attached hydrogen (secondary N) is 2. The predicted molar refractivity (Wildman–Crippen MR) is 136 cm³/mol. The van der Waals surface area contributed by atoms with E-state index in [1.54, 1.807) is 42.6 Å². The average Bonchev–Trinajstić information content (AvgIpc) is 3.18. The van der Waals surface area contributed by atoms with Crippen LogP contribution in [0.4, 0.5) is 14.9 Å². The minimum Gasteiger partial charge on any atom is -0.474 e. The molecule has 0 radical (unpaired) electrons. The van der Waals surface area contributed by atoms with Crippen molar-refractivity contribution < 1.29 is 18.7 Å². The zero-order valence-electron chi connectivity index (χ0n) is 20.2. The summed E-state index contributed by atoms with van der Waals surface area (Å²) in [5.41, 5.74) is 2.87. The van der Waals surface area contributed by atoms with Gasteiger partial charge in [0.25, 0.3) is 0 Å². The van der Waals surface area contributed by atoms with Crippen LogP contribution in [0.15, 0.2) is 47.5 Å². The van der Waals surface area contributed by atoms with Gasteiger partial charge in [0.05, 0.1) is 22.9 Å². The van der Waals surface area contributed by atoms with Crippen molar-refractivity contribution in [3.8, 4) is 17.0 Å². The summed E-state index contributed by atoms with van der Waals surface area (Å²) in [7, 11) is 1.69. The quantitative estimate of drug-likeness (QED) is 0.485. The highest BCUT2D eigenvalue weighted by molar-refractivity contribution is 6.33. The zero-order chi connectivity index (χ0) is 25.7. The number of aromatic nitrogens is 2. The Bertz CT molecular complexity index is 1410. The Hall–Kier alpha value is -3.43. The van der Waals surface area contributed by atoms with E-state index in [1.807, 2.05) is 0 Å². The van der Waals surface area contributed by atoms with Crippen molar-refractivity contribution in [2.24, 2.45) is 0 Å². The van der Waals surface area contributed by atoms with Crippen LogP contribution in [0.3, 0.4) is 0 Å². The maximum Gasteiger partial charge on any atom is 0.322 e. The summed E-state index contributed by atoms with van der Waals surface area (Å²) in [6, 6.07) is 7.26. The van der Waals surface area contributed by atoms with Crippen molar-refractivity contribution in [3.05, 3.63) is 75.0 Å². The van der Waals surface area contributed by atoms with Crippen molar-refractivity contribution in [1.82, 2.24) is 14.9 Å². The number of fused-ring (bicyclic) bond motifs is 4. The zero-order valence-corrected chi connectivity index (χ0v) is 20.9. The van der Waals surface area contributed by atoms with Crippen LogP contribution in [0.5, 0.6) is 5.88 Å². The Morgan fingerprint density at radius 1 is 1.22 bits per heavy atom. The van der Waals surface area contributed by atoms with Gasteiger partial charge in [-0.3, -0.25) is 4.79 Å². The van der Waals surface area contributed by atoms with E-state index >= 15 is 4.39 Å². The molecular formula is C27H26ClFN4O4. The van der Waals surface area contributed by atoms with E-state index in [9.17, 15) is 9.59 Å². The summed E-state index contributed by atoms with van der Waals surface area (Å²) in [5.74, 6) is -0.104. The molecule has 1 aromatic carbocycles. The first kappa shape index (κ1) is 23.9. The van der Waals surface area contributed by atoms with E-state index in [0.717, 1.165) is 36.8 Å². The minimum absolute atomic E-state index is 0.0102. The number of halogens is 2. The number of methoxy groups -OCH3 is 1. The molecule has 2 N–H and O–H groups in total. The third-order valence-electron chi connectivity index (χ3n) is 7.62. The van der Waals surface area contributed by atoms with Crippen molar-refractivity contribution in [3.63, 3.8) is 0 Å². The number of carbonyl (C=O) groups is 1. The highest BCUT2D eigenvalue weighted by Crippen LogP contribution is 2.43. The Morgan fingerprint density at radius 3 is 2.81 bits per heavy atom.